The summed E-state index contributed by atoms with van der Waals surface area (Å²) in [6, 6.07) is 6.53. The molecule has 2 aromatic heterocycles. The molecule has 0 aliphatic heterocycles. The van der Waals surface area contributed by atoms with Crippen molar-refractivity contribution < 1.29 is 18.0 Å². The summed E-state index contributed by atoms with van der Waals surface area (Å²) in [6.45, 7) is 4.78. The molecule has 0 bridgehead atoms. The number of thiophene rings is 1. The summed E-state index contributed by atoms with van der Waals surface area (Å²) in [4.78, 5) is 13.3. The molecular formula is C22H25F3N4OS. The van der Waals surface area contributed by atoms with Crippen molar-refractivity contribution in [2.45, 2.75) is 45.5 Å². The summed E-state index contributed by atoms with van der Waals surface area (Å²) in [6.07, 6.45) is -1.81. The molecule has 3 N–H and O–H groups in total. The Balaban J connectivity index is 1.77. The third-order valence-corrected chi connectivity index (χ3v) is 6.03. The van der Waals surface area contributed by atoms with Crippen molar-refractivity contribution in [2.75, 3.05) is 6.54 Å². The molecule has 1 aromatic carbocycles. The number of aromatic nitrogens is 2. The Bertz CT molecular complexity index is 1020. The van der Waals surface area contributed by atoms with E-state index in [0.29, 0.717) is 11.4 Å². The van der Waals surface area contributed by atoms with Crippen LogP contribution in [0, 0.1) is 0 Å². The lowest BCUT2D eigenvalue weighted by Crippen LogP contribution is -2.41. The van der Waals surface area contributed by atoms with Crippen molar-refractivity contribution in [3.63, 3.8) is 0 Å². The van der Waals surface area contributed by atoms with Crippen molar-refractivity contribution >= 4 is 17.2 Å². The molecule has 5 nitrogen and oxygen atoms in total. The first kappa shape index (κ1) is 23.0. The highest BCUT2D eigenvalue weighted by Crippen LogP contribution is 2.32. The van der Waals surface area contributed by atoms with Gasteiger partial charge in [0.25, 0.3) is 5.91 Å². The van der Waals surface area contributed by atoms with E-state index in [9.17, 15) is 18.0 Å². The molecule has 9 heteroatoms. The molecule has 1 unspecified atom stereocenters. The Kier molecular flexibility index (Phi) is 7.17. The average Bonchev–Trinajstić information content (AvgIpc) is 3.39. The first-order valence-electron chi connectivity index (χ1n) is 10.1. The molecule has 1 atom stereocenters. The zero-order valence-corrected chi connectivity index (χ0v) is 18.2. The van der Waals surface area contributed by atoms with Crippen LogP contribution in [0.3, 0.4) is 0 Å². The van der Waals surface area contributed by atoms with Gasteiger partial charge in [-0.25, -0.2) is 0 Å². The number of halogens is 3. The van der Waals surface area contributed by atoms with E-state index in [1.165, 1.54) is 23.5 Å². The van der Waals surface area contributed by atoms with E-state index in [1.807, 2.05) is 30.1 Å². The topological polar surface area (TPSA) is 72.9 Å². The zero-order chi connectivity index (χ0) is 22.6. The lowest BCUT2D eigenvalue weighted by atomic mass is 9.99. The van der Waals surface area contributed by atoms with Crippen molar-refractivity contribution in [1.82, 2.24) is 15.1 Å². The maximum atomic E-state index is 13.3. The van der Waals surface area contributed by atoms with E-state index in [2.05, 4.69) is 10.4 Å². The molecular weight excluding hydrogens is 425 g/mol. The Labute approximate surface area is 183 Å². The van der Waals surface area contributed by atoms with E-state index in [-0.39, 0.29) is 24.4 Å². The van der Waals surface area contributed by atoms with E-state index in [0.717, 1.165) is 29.3 Å². The third-order valence-electron chi connectivity index (χ3n) is 5.10. The molecule has 3 aromatic rings. The van der Waals surface area contributed by atoms with Crippen LogP contribution in [0.2, 0.25) is 0 Å². The molecule has 1 amide bonds. The van der Waals surface area contributed by atoms with Gasteiger partial charge in [0.1, 0.15) is 0 Å². The molecule has 0 saturated carbocycles. The number of hydrogen-bond acceptors (Lipinski definition) is 4. The van der Waals surface area contributed by atoms with Gasteiger partial charge in [-0.2, -0.15) is 18.3 Å². The largest absolute Gasteiger partial charge is 0.416 e. The molecule has 0 saturated heterocycles. The summed E-state index contributed by atoms with van der Waals surface area (Å²) in [5, 5.41) is 9.06. The predicted molar refractivity (Wildman–Crippen MR) is 116 cm³/mol. The van der Waals surface area contributed by atoms with Gasteiger partial charge in [-0.15, -0.1) is 11.3 Å². The number of nitrogens with two attached hydrogens (primary N) is 1. The first-order valence-corrected chi connectivity index (χ1v) is 11.0. The highest BCUT2D eigenvalue weighted by atomic mass is 32.1. The molecule has 0 spiro atoms. The molecule has 0 aliphatic carbocycles. The lowest BCUT2D eigenvalue weighted by Gasteiger charge is -2.19. The minimum Gasteiger partial charge on any atom is -0.347 e. The number of hydrogen-bond donors (Lipinski definition) is 2. The second kappa shape index (κ2) is 9.65. The van der Waals surface area contributed by atoms with Gasteiger partial charge in [-0.3, -0.25) is 9.48 Å². The van der Waals surface area contributed by atoms with E-state index < -0.39 is 17.8 Å². The van der Waals surface area contributed by atoms with Crippen LogP contribution in [0.15, 0.2) is 41.9 Å². The highest BCUT2D eigenvalue weighted by molar-refractivity contribution is 7.12. The number of aryl methyl sites for hydroxylation is 2. The van der Waals surface area contributed by atoms with Gasteiger partial charge in [0.15, 0.2) is 0 Å². The number of nitrogens with one attached hydrogen (secondary N) is 1. The van der Waals surface area contributed by atoms with Gasteiger partial charge in [-0.05, 0) is 43.0 Å². The fourth-order valence-corrected chi connectivity index (χ4v) is 4.32. The number of amides is 1. The van der Waals surface area contributed by atoms with Crippen LogP contribution in [0.25, 0.3) is 11.3 Å². The molecule has 3 rings (SSSR count). The monoisotopic (exact) mass is 450 g/mol. The van der Waals surface area contributed by atoms with Gasteiger partial charge < -0.3 is 11.1 Å². The Hall–Kier alpha value is -2.65. The second-order valence-corrected chi connectivity index (χ2v) is 8.06. The summed E-state index contributed by atoms with van der Waals surface area (Å²) < 4.78 is 41.7. The standard InChI is InChI=1S/C22H25F3N4OS/c1-3-14-12-27-29(4-2)20(14)16-10-19(31-13-16)21(30)28-17(11-26)9-15-7-5-6-8-18(15)22(23,24)25/h5-8,10,12-13,17H,3-4,9,11,26H2,1-2H3,(H,28,30). The molecule has 2 heterocycles. The summed E-state index contributed by atoms with van der Waals surface area (Å²) in [5.74, 6) is -0.350. The van der Waals surface area contributed by atoms with Gasteiger partial charge in [0.2, 0.25) is 0 Å². The number of carbonyl (C=O) groups excluding carboxylic acids is 1. The Morgan fingerprint density at radius 3 is 2.65 bits per heavy atom. The molecule has 166 valence electrons. The quantitative estimate of drug-likeness (QED) is 0.530. The van der Waals surface area contributed by atoms with Crippen molar-refractivity contribution in [1.29, 1.82) is 0 Å². The SMILES string of the molecule is CCc1cnn(CC)c1-c1csc(C(=O)NC(CN)Cc2ccccc2C(F)(F)F)c1. The Morgan fingerprint density at radius 1 is 1.26 bits per heavy atom. The van der Waals surface area contributed by atoms with Gasteiger partial charge in [0, 0.05) is 30.1 Å². The molecule has 0 radical (unpaired) electrons. The van der Waals surface area contributed by atoms with Crippen LogP contribution in [0.1, 0.15) is 40.2 Å². The minimum atomic E-state index is -4.46. The summed E-state index contributed by atoms with van der Waals surface area (Å²) >= 11 is 1.29. The fourth-order valence-electron chi connectivity index (χ4n) is 3.53. The number of rotatable bonds is 8. The molecule has 31 heavy (non-hydrogen) atoms. The zero-order valence-electron chi connectivity index (χ0n) is 17.4. The van der Waals surface area contributed by atoms with Gasteiger partial charge >= 0.3 is 6.18 Å². The van der Waals surface area contributed by atoms with Crippen LogP contribution >= 0.6 is 11.3 Å². The van der Waals surface area contributed by atoms with Crippen molar-refractivity contribution in [3.05, 3.63) is 63.5 Å². The molecule has 0 fully saturated rings. The van der Waals surface area contributed by atoms with E-state index in [1.54, 1.807) is 12.1 Å². The number of nitrogens with zero attached hydrogens (tertiary/aromatic N) is 2. The van der Waals surface area contributed by atoms with Crippen molar-refractivity contribution in [2.24, 2.45) is 5.73 Å². The second-order valence-electron chi connectivity index (χ2n) is 7.15. The highest BCUT2D eigenvalue weighted by Gasteiger charge is 2.33. The predicted octanol–water partition coefficient (Wildman–Crippen LogP) is 4.51. The number of benzene rings is 1. The van der Waals surface area contributed by atoms with Gasteiger partial charge in [-0.1, -0.05) is 25.1 Å². The third kappa shape index (κ3) is 5.16. The number of alkyl halides is 3. The van der Waals surface area contributed by atoms with Crippen molar-refractivity contribution in [3.8, 4) is 11.3 Å². The average molecular weight is 451 g/mol. The van der Waals surface area contributed by atoms with Crippen LogP contribution < -0.4 is 11.1 Å². The normalized spacial score (nSPS) is 12.7. The Morgan fingerprint density at radius 2 is 2.00 bits per heavy atom. The smallest absolute Gasteiger partial charge is 0.347 e. The maximum absolute atomic E-state index is 13.3. The first-order chi connectivity index (χ1) is 14.8. The van der Waals surface area contributed by atoms with E-state index >= 15 is 0 Å². The van der Waals surface area contributed by atoms with Crippen LogP contribution in [-0.4, -0.2) is 28.3 Å². The van der Waals surface area contributed by atoms with Gasteiger partial charge in [0.05, 0.1) is 22.3 Å². The van der Waals surface area contributed by atoms with Crippen LogP contribution in [-0.2, 0) is 25.6 Å². The summed E-state index contributed by atoms with van der Waals surface area (Å²) in [7, 11) is 0. The van der Waals surface area contributed by atoms with Crippen LogP contribution in [0.5, 0.6) is 0 Å². The van der Waals surface area contributed by atoms with E-state index in [4.69, 9.17) is 5.73 Å². The summed E-state index contributed by atoms with van der Waals surface area (Å²) in [5.41, 5.74) is 8.14. The fraction of sp³-hybridized carbons (Fsp3) is 0.364. The minimum absolute atomic E-state index is 0.00125. The molecule has 0 aliphatic rings. The van der Waals surface area contributed by atoms with Crippen LogP contribution in [0.4, 0.5) is 13.2 Å². The maximum Gasteiger partial charge on any atom is 0.416 e. The number of carbonyl (C=O) groups is 1. The lowest BCUT2D eigenvalue weighted by molar-refractivity contribution is -0.138.